The van der Waals surface area contributed by atoms with E-state index in [1.807, 2.05) is 6.08 Å². The Morgan fingerprint density at radius 1 is 1.12 bits per heavy atom. The van der Waals surface area contributed by atoms with E-state index in [1.165, 1.54) is 0 Å². The molecule has 2 nitrogen and oxygen atoms in total. The average molecular weight is 346 g/mol. The first kappa shape index (κ1) is 10.6. The van der Waals surface area contributed by atoms with Crippen LogP contribution in [0, 0.1) is 28.1 Å². The normalized spacial score (nSPS) is 22.1. The molecular formula is C13H2Br2N2. The lowest BCUT2D eigenvalue weighted by atomic mass is 9.72. The molecule has 0 saturated heterocycles. The lowest BCUT2D eigenvalue weighted by Gasteiger charge is -2.22. The molecule has 0 atom stereocenters. The minimum Gasteiger partial charge on any atom is -0.196 e. The summed E-state index contributed by atoms with van der Waals surface area (Å²) in [6.45, 7) is 0. The van der Waals surface area contributed by atoms with E-state index in [1.54, 1.807) is 6.08 Å². The summed E-state index contributed by atoms with van der Waals surface area (Å²) in [5.41, 5.74) is 7.78. The second-order valence-corrected chi connectivity index (χ2v) is 5.50. The topological polar surface area (TPSA) is 47.6 Å². The summed E-state index contributed by atoms with van der Waals surface area (Å²) >= 11 is 6.78. The van der Waals surface area contributed by atoms with Crippen molar-refractivity contribution < 1.29 is 0 Å². The SMILES string of the molecule is N#CC1(C#N)C2=C=C3C(Br)=C=C1C3=CC(Br)=C2. The molecule has 4 aliphatic rings. The molecular weight excluding hydrogens is 344 g/mol. The van der Waals surface area contributed by atoms with Crippen LogP contribution in [0.5, 0.6) is 0 Å². The number of nitrogens with zero attached hydrogens (tertiary/aromatic N) is 2. The van der Waals surface area contributed by atoms with Gasteiger partial charge in [-0.15, -0.1) is 5.73 Å². The van der Waals surface area contributed by atoms with E-state index in [4.69, 9.17) is 0 Å². The van der Waals surface area contributed by atoms with Crippen molar-refractivity contribution in [1.29, 1.82) is 10.5 Å². The molecule has 0 fully saturated rings. The van der Waals surface area contributed by atoms with Gasteiger partial charge >= 0.3 is 0 Å². The van der Waals surface area contributed by atoms with Gasteiger partial charge in [0.15, 0.2) is 0 Å². The molecule has 4 bridgehead atoms. The largest absolute Gasteiger partial charge is 0.208 e. The highest BCUT2D eigenvalue weighted by Crippen LogP contribution is 2.52. The molecule has 0 aromatic heterocycles. The van der Waals surface area contributed by atoms with Crippen LogP contribution in [0.2, 0.25) is 0 Å². The first-order chi connectivity index (χ1) is 8.12. The summed E-state index contributed by atoms with van der Waals surface area (Å²) in [5.74, 6) is 0. The first-order valence-corrected chi connectivity index (χ1v) is 6.32. The molecule has 78 valence electrons. The minimum atomic E-state index is -1.29. The zero-order valence-corrected chi connectivity index (χ0v) is 11.5. The van der Waals surface area contributed by atoms with Crippen molar-refractivity contribution in [3.8, 4) is 12.1 Å². The highest BCUT2D eigenvalue weighted by molar-refractivity contribution is 9.12. The van der Waals surface area contributed by atoms with Crippen LogP contribution in [0.25, 0.3) is 0 Å². The Bertz CT molecular complexity index is 736. The van der Waals surface area contributed by atoms with Gasteiger partial charge in [0.1, 0.15) is 0 Å². The van der Waals surface area contributed by atoms with E-state index in [0.717, 1.165) is 20.1 Å². The Balaban J connectivity index is 2.53. The second-order valence-electron chi connectivity index (χ2n) is 3.79. The smallest absolute Gasteiger partial charge is 0.196 e. The van der Waals surface area contributed by atoms with E-state index in [0.29, 0.717) is 11.1 Å². The van der Waals surface area contributed by atoms with Gasteiger partial charge in [-0.05, 0) is 28.1 Å². The van der Waals surface area contributed by atoms with Crippen LogP contribution in [0.1, 0.15) is 0 Å². The van der Waals surface area contributed by atoms with Crippen LogP contribution < -0.4 is 0 Å². The zero-order valence-electron chi connectivity index (χ0n) is 8.31. The standard InChI is InChI=1S/C13H2Br2N2/c14-8-1-7-2-10-9(3-8)11(4-12(10)15)13(7,5-16)6-17/h1,3H. The van der Waals surface area contributed by atoms with Crippen molar-refractivity contribution >= 4 is 31.9 Å². The Kier molecular flexibility index (Phi) is 2.02. The molecule has 4 rings (SSSR count). The van der Waals surface area contributed by atoms with Gasteiger partial charge in [-0.1, -0.05) is 21.7 Å². The van der Waals surface area contributed by atoms with E-state index < -0.39 is 5.41 Å². The highest BCUT2D eigenvalue weighted by atomic mass is 79.9. The third-order valence-corrected chi connectivity index (χ3v) is 3.98. The van der Waals surface area contributed by atoms with Crippen LogP contribution in [-0.2, 0) is 0 Å². The van der Waals surface area contributed by atoms with Gasteiger partial charge in [0.05, 0.1) is 16.6 Å². The lowest BCUT2D eigenvalue weighted by molar-refractivity contribution is 0.766. The fraction of sp³-hybridized carbons (Fsp3) is 0.0769. The quantitative estimate of drug-likeness (QED) is 0.630. The van der Waals surface area contributed by atoms with Crippen molar-refractivity contribution in [3.05, 3.63) is 54.9 Å². The van der Waals surface area contributed by atoms with Crippen LogP contribution >= 0.6 is 31.9 Å². The van der Waals surface area contributed by atoms with E-state index in [-0.39, 0.29) is 0 Å². The summed E-state index contributed by atoms with van der Waals surface area (Å²) in [6.07, 6.45) is 3.65. The Morgan fingerprint density at radius 2 is 1.82 bits per heavy atom. The van der Waals surface area contributed by atoms with Crippen LogP contribution in [0.4, 0.5) is 0 Å². The molecule has 0 saturated carbocycles. The average Bonchev–Trinajstić information content (AvgIpc) is 2.46. The number of hydrogen-bond acceptors (Lipinski definition) is 2. The van der Waals surface area contributed by atoms with Gasteiger partial charge in [-0.2, -0.15) is 10.5 Å². The Labute approximate surface area is 114 Å². The fourth-order valence-electron chi connectivity index (χ4n) is 2.13. The van der Waals surface area contributed by atoms with Crippen molar-refractivity contribution in [3.63, 3.8) is 0 Å². The molecule has 0 unspecified atom stereocenters. The first-order valence-electron chi connectivity index (χ1n) is 4.73. The molecule has 0 radical (unpaired) electrons. The summed E-state index contributed by atoms with van der Waals surface area (Å²) in [5, 5.41) is 18.8. The number of halogens is 2. The summed E-state index contributed by atoms with van der Waals surface area (Å²) in [6, 6.07) is 4.19. The van der Waals surface area contributed by atoms with Gasteiger partial charge < -0.3 is 0 Å². The molecule has 17 heavy (non-hydrogen) atoms. The molecule has 0 aromatic carbocycles. The Hall–Kier alpha value is -1.54. The maximum absolute atomic E-state index is 9.38. The third kappa shape index (κ3) is 1.14. The zero-order chi connectivity index (χ0) is 12.2. The number of nitriles is 2. The van der Waals surface area contributed by atoms with Crippen LogP contribution in [0.3, 0.4) is 0 Å². The minimum absolute atomic E-state index is 0.568. The molecule has 0 amide bonds. The molecule has 0 aromatic rings. The summed E-state index contributed by atoms with van der Waals surface area (Å²) in [7, 11) is 0. The van der Waals surface area contributed by atoms with Crippen molar-refractivity contribution in [2.24, 2.45) is 5.41 Å². The molecule has 0 N–H and O–H groups in total. The fourth-order valence-corrected chi connectivity index (χ4v) is 3.10. The highest BCUT2D eigenvalue weighted by Gasteiger charge is 2.47. The van der Waals surface area contributed by atoms with Crippen molar-refractivity contribution in [2.45, 2.75) is 0 Å². The second kappa shape index (κ2) is 3.23. The van der Waals surface area contributed by atoms with Crippen LogP contribution in [-0.4, -0.2) is 0 Å². The molecule has 0 spiro atoms. The van der Waals surface area contributed by atoms with Crippen molar-refractivity contribution in [2.75, 3.05) is 0 Å². The van der Waals surface area contributed by atoms with E-state index in [2.05, 4.69) is 55.5 Å². The maximum Gasteiger partial charge on any atom is 0.208 e. The van der Waals surface area contributed by atoms with Crippen LogP contribution in [0.15, 0.2) is 54.9 Å². The predicted octanol–water partition coefficient (Wildman–Crippen LogP) is 3.52. The number of allylic oxidation sites excluding steroid dienone is 6. The summed E-state index contributed by atoms with van der Waals surface area (Å²) in [4.78, 5) is 0. The van der Waals surface area contributed by atoms with E-state index >= 15 is 0 Å². The predicted molar refractivity (Wildman–Crippen MR) is 68.8 cm³/mol. The summed E-state index contributed by atoms with van der Waals surface area (Å²) < 4.78 is 1.58. The van der Waals surface area contributed by atoms with Gasteiger partial charge in [0, 0.05) is 26.8 Å². The molecule has 0 aliphatic heterocycles. The van der Waals surface area contributed by atoms with Gasteiger partial charge in [-0.25, -0.2) is 0 Å². The van der Waals surface area contributed by atoms with Gasteiger partial charge in [0.2, 0.25) is 5.41 Å². The Morgan fingerprint density at radius 3 is 2.47 bits per heavy atom. The third-order valence-electron chi connectivity index (χ3n) is 2.93. The monoisotopic (exact) mass is 344 g/mol. The van der Waals surface area contributed by atoms with Gasteiger partial charge in [-0.3, -0.25) is 0 Å². The molecule has 0 heterocycles. The maximum atomic E-state index is 9.38. The van der Waals surface area contributed by atoms with Gasteiger partial charge in [0.25, 0.3) is 0 Å². The van der Waals surface area contributed by atoms with Crippen molar-refractivity contribution in [1.82, 2.24) is 0 Å². The number of hydrogen-bond donors (Lipinski definition) is 0. The number of rotatable bonds is 0. The molecule has 4 aliphatic carbocycles. The lowest BCUT2D eigenvalue weighted by Crippen LogP contribution is -2.22. The molecule has 4 heteroatoms. The van der Waals surface area contributed by atoms with E-state index in [9.17, 15) is 10.5 Å². The number of fused-ring (bicyclic) bond motifs is 1.